The first-order chi connectivity index (χ1) is 11.7. The lowest BCUT2D eigenvalue weighted by molar-refractivity contribution is -0.119. The van der Waals surface area contributed by atoms with E-state index in [1.807, 2.05) is 36.4 Å². The third-order valence-electron chi connectivity index (χ3n) is 3.93. The van der Waals surface area contributed by atoms with Gasteiger partial charge < -0.3 is 15.4 Å². The lowest BCUT2D eigenvalue weighted by atomic mass is 10.0. The summed E-state index contributed by atoms with van der Waals surface area (Å²) in [5.41, 5.74) is 2.20. The molecule has 2 aromatic carbocycles. The fourth-order valence-electron chi connectivity index (χ4n) is 2.76. The molecule has 3 N–H and O–H groups in total. The third-order valence-corrected chi connectivity index (χ3v) is 3.93. The topological polar surface area (TPSA) is 96.1 Å². The minimum atomic E-state index is -0.794. The second-order valence-corrected chi connectivity index (χ2v) is 5.52. The van der Waals surface area contributed by atoms with E-state index in [1.54, 1.807) is 18.3 Å². The molecule has 1 fully saturated rings. The lowest BCUT2D eigenvalue weighted by Gasteiger charge is -2.17. The van der Waals surface area contributed by atoms with Crippen molar-refractivity contribution in [3.8, 4) is 0 Å². The maximum Gasteiger partial charge on any atom is 0.408 e. The van der Waals surface area contributed by atoms with Crippen molar-refractivity contribution in [3.05, 3.63) is 60.3 Å². The zero-order valence-electron chi connectivity index (χ0n) is 12.5. The molecule has 0 bridgehead atoms. The van der Waals surface area contributed by atoms with Gasteiger partial charge in [0.15, 0.2) is 12.1 Å². The highest BCUT2D eigenvalue weighted by Crippen LogP contribution is 2.27. The SMILES string of the molecule is O=C1NC(C(=O)Nc2ccc3cn[nH]c3c2)C(c2ccccc2)O1. The number of rotatable bonds is 3. The van der Waals surface area contributed by atoms with Gasteiger partial charge in [0.2, 0.25) is 0 Å². The second kappa shape index (κ2) is 5.69. The van der Waals surface area contributed by atoms with Crippen molar-refractivity contribution in [2.75, 3.05) is 5.32 Å². The second-order valence-electron chi connectivity index (χ2n) is 5.52. The van der Waals surface area contributed by atoms with E-state index >= 15 is 0 Å². The first-order valence-electron chi connectivity index (χ1n) is 7.47. The number of aromatic amines is 1. The minimum absolute atomic E-state index is 0.339. The van der Waals surface area contributed by atoms with Gasteiger partial charge in [-0.15, -0.1) is 0 Å². The Morgan fingerprint density at radius 1 is 1.17 bits per heavy atom. The van der Waals surface area contributed by atoms with E-state index in [4.69, 9.17) is 4.74 Å². The molecule has 2 unspecified atom stereocenters. The first-order valence-corrected chi connectivity index (χ1v) is 7.47. The van der Waals surface area contributed by atoms with Crippen LogP contribution in [-0.2, 0) is 9.53 Å². The number of carbonyl (C=O) groups is 2. The van der Waals surface area contributed by atoms with Gasteiger partial charge in [-0.05, 0) is 23.8 Å². The number of hydrogen-bond donors (Lipinski definition) is 3. The van der Waals surface area contributed by atoms with Crippen molar-refractivity contribution < 1.29 is 14.3 Å². The maximum absolute atomic E-state index is 12.6. The van der Waals surface area contributed by atoms with E-state index < -0.39 is 18.2 Å². The maximum atomic E-state index is 12.6. The Bertz CT molecular complexity index is 906. The van der Waals surface area contributed by atoms with Crippen LogP contribution in [0, 0.1) is 0 Å². The highest BCUT2D eigenvalue weighted by Gasteiger charge is 2.40. The summed E-state index contributed by atoms with van der Waals surface area (Å²) in [5.74, 6) is -0.339. The van der Waals surface area contributed by atoms with Crippen LogP contribution in [0.3, 0.4) is 0 Å². The van der Waals surface area contributed by atoms with Gasteiger partial charge >= 0.3 is 6.09 Å². The summed E-state index contributed by atoms with van der Waals surface area (Å²) >= 11 is 0. The van der Waals surface area contributed by atoms with E-state index in [-0.39, 0.29) is 5.91 Å². The van der Waals surface area contributed by atoms with Crippen molar-refractivity contribution >= 4 is 28.6 Å². The summed E-state index contributed by atoms with van der Waals surface area (Å²) in [6.45, 7) is 0. The molecule has 3 aromatic rings. The number of anilines is 1. The van der Waals surface area contributed by atoms with Crippen LogP contribution in [-0.4, -0.2) is 28.2 Å². The minimum Gasteiger partial charge on any atom is -0.439 e. The van der Waals surface area contributed by atoms with Gasteiger partial charge in [0.1, 0.15) is 0 Å². The van der Waals surface area contributed by atoms with Crippen LogP contribution in [0.2, 0.25) is 0 Å². The van der Waals surface area contributed by atoms with Crippen LogP contribution in [0.5, 0.6) is 0 Å². The number of ether oxygens (including phenoxy) is 1. The number of H-pyrrole nitrogens is 1. The fraction of sp³-hybridized carbons (Fsp3) is 0.118. The van der Waals surface area contributed by atoms with E-state index in [1.165, 1.54) is 0 Å². The first kappa shape index (κ1) is 14.3. The van der Waals surface area contributed by atoms with Crippen LogP contribution < -0.4 is 10.6 Å². The summed E-state index contributed by atoms with van der Waals surface area (Å²) < 4.78 is 5.25. The molecule has 2 amide bonds. The predicted octanol–water partition coefficient (Wildman–Crippen LogP) is 2.35. The smallest absolute Gasteiger partial charge is 0.408 e. The molecule has 7 nitrogen and oxygen atoms in total. The average molecular weight is 322 g/mol. The molecule has 0 spiro atoms. The Morgan fingerprint density at radius 3 is 2.83 bits per heavy atom. The van der Waals surface area contributed by atoms with Gasteiger partial charge in [-0.3, -0.25) is 9.89 Å². The number of fused-ring (bicyclic) bond motifs is 1. The summed E-state index contributed by atoms with van der Waals surface area (Å²) in [4.78, 5) is 24.2. The van der Waals surface area contributed by atoms with Gasteiger partial charge in [-0.2, -0.15) is 5.10 Å². The number of carbonyl (C=O) groups excluding carboxylic acids is 2. The van der Waals surface area contributed by atoms with E-state index in [2.05, 4.69) is 20.8 Å². The lowest BCUT2D eigenvalue weighted by Crippen LogP contribution is -2.40. The largest absolute Gasteiger partial charge is 0.439 e. The van der Waals surface area contributed by atoms with Crippen molar-refractivity contribution in [1.82, 2.24) is 15.5 Å². The van der Waals surface area contributed by atoms with Gasteiger partial charge in [0.25, 0.3) is 5.91 Å². The molecular weight excluding hydrogens is 308 g/mol. The average Bonchev–Trinajstić information content (AvgIpc) is 3.21. The molecule has 24 heavy (non-hydrogen) atoms. The number of aromatic nitrogens is 2. The summed E-state index contributed by atoms with van der Waals surface area (Å²) in [5, 5.41) is 13.1. The zero-order valence-corrected chi connectivity index (χ0v) is 12.5. The van der Waals surface area contributed by atoms with Crippen LogP contribution >= 0.6 is 0 Å². The number of cyclic esters (lactones) is 1. The summed E-state index contributed by atoms with van der Waals surface area (Å²) in [6, 6.07) is 13.8. The van der Waals surface area contributed by atoms with Crippen LogP contribution in [0.1, 0.15) is 11.7 Å². The number of amides is 2. The zero-order chi connectivity index (χ0) is 16.5. The van der Waals surface area contributed by atoms with Gasteiger partial charge in [-0.25, -0.2) is 4.79 Å². The summed E-state index contributed by atoms with van der Waals surface area (Å²) in [7, 11) is 0. The molecule has 1 saturated heterocycles. The molecule has 120 valence electrons. The molecule has 0 saturated carbocycles. The Hall–Kier alpha value is -3.35. The number of nitrogens with one attached hydrogen (secondary N) is 3. The standard InChI is InChI=1S/C17H14N4O3/c22-16(19-12-7-6-11-9-18-21-13(11)8-12)14-15(24-17(23)20-14)10-4-2-1-3-5-10/h1-9,14-15H,(H,18,21)(H,19,22)(H,20,23). The van der Waals surface area contributed by atoms with Crippen LogP contribution in [0.4, 0.5) is 10.5 Å². The number of nitrogens with zero attached hydrogens (tertiary/aromatic N) is 1. The molecule has 2 atom stereocenters. The Labute approximate surface area is 137 Å². The van der Waals surface area contributed by atoms with E-state index in [0.29, 0.717) is 5.69 Å². The Kier molecular flexibility index (Phi) is 3.38. The van der Waals surface area contributed by atoms with E-state index in [0.717, 1.165) is 16.5 Å². The molecule has 0 aliphatic carbocycles. The van der Waals surface area contributed by atoms with Crippen molar-refractivity contribution in [2.24, 2.45) is 0 Å². The quantitative estimate of drug-likeness (QED) is 0.689. The molecular formula is C17H14N4O3. The number of benzene rings is 2. The van der Waals surface area contributed by atoms with Crippen molar-refractivity contribution in [2.45, 2.75) is 12.1 Å². The third kappa shape index (κ3) is 2.56. The molecule has 2 heterocycles. The molecule has 0 radical (unpaired) electrons. The van der Waals surface area contributed by atoms with Crippen LogP contribution in [0.25, 0.3) is 10.9 Å². The number of hydrogen-bond acceptors (Lipinski definition) is 4. The van der Waals surface area contributed by atoms with Gasteiger partial charge in [-0.1, -0.05) is 30.3 Å². The number of alkyl carbamates (subject to hydrolysis) is 1. The van der Waals surface area contributed by atoms with Crippen LogP contribution in [0.15, 0.2) is 54.7 Å². The molecule has 1 aliphatic heterocycles. The molecule has 7 heteroatoms. The fourth-order valence-corrected chi connectivity index (χ4v) is 2.76. The predicted molar refractivity (Wildman–Crippen MR) is 87.3 cm³/mol. The van der Waals surface area contributed by atoms with Crippen molar-refractivity contribution in [3.63, 3.8) is 0 Å². The van der Waals surface area contributed by atoms with Gasteiger partial charge in [0, 0.05) is 11.1 Å². The Morgan fingerprint density at radius 2 is 2.00 bits per heavy atom. The monoisotopic (exact) mass is 322 g/mol. The normalized spacial score (nSPS) is 19.8. The van der Waals surface area contributed by atoms with Crippen molar-refractivity contribution in [1.29, 1.82) is 0 Å². The Balaban J connectivity index is 1.56. The summed E-state index contributed by atoms with van der Waals surface area (Å²) in [6.07, 6.45) is 0.444. The van der Waals surface area contributed by atoms with E-state index in [9.17, 15) is 9.59 Å². The molecule has 1 aliphatic rings. The molecule has 4 rings (SSSR count). The van der Waals surface area contributed by atoms with Gasteiger partial charge in [0.05, 0.1) is 11.7 Å². The highest BCUT2D eigenvalue weighted by atomic mass is 16.6. The molecule has 1 aromatic heterocycles. The highest BCUT2D eigenvalue weighted by molar-refractivity contribution is 5.99.